The molecular formula is C10H14Br2N2O. The molecular weight excluding hydrogens is 324 g/mol. The molecule has 1 aliphatic rings. The SMILES string of the molecule is CC1CN(Cc2cc(Br)c(Br)o2)CC1N. The summed E-state index contributed by atoms with van der Waals surface area (Å²) < 4.78 is 7.26. The highest BCUT2D eigenvalue weighted by Gasteiger charge is 2.27. The smallest absolute Gasteiger partial charge is 0.183 e. The van der Waals surface area contributed by atoms with Crippen LogP contribution in [0.1, 0.15) is 12.7 Å². The van der Waals surface area contributed by atoms with Crippen LogP contribution in [0.5, 0.6) is 0 Å². The Morgan fingerprint density at radius 1 is 1.53 bits per heavy atom. The first-order valence-electron chi connectivity index (χ1n) is 4.98. The maximum Gasteiger partial charge on any atom is 0.183 e. The molecule has 1 aromatic rings. The number of hydrogen-bond donors (Lipinski definition) is 1. The molecule has 2 atom stereocenters. The monoisotopic (exact) mass is 336 g/mol. The molecule has 0 bridgehead atoms. The second kappa shape index (κ2) is 4.57. The lowest BCUT2D eigenvalue weighted by atomic mass is 10.1. The van der Waals surface area contributed by atoms with E-state index in [9.17, 15) is 0 Å². The molecule has 3 nitrogen and oxygen atoms in total. The molecule has 1 aliphatic heterocycles. The van der Waals surface area contributed by atoms with E-state index in [0.29, 0.717) is 12.0 Å². The number of nitrogens with two attached hydrogens (primary N) is 1. The Morgan fingerprint density at radius 3 is 2.73 bits per heavy atom. The van der Waals surface area contributed by atoms with Gasteiger partial charge < -0.3 is 10.2 Å². The van der Waals surface area contributed by atoms with Gasteiger partial charge in [0.2, 0.25) is 0 Å². The quantitative estimate of drug-likeness (QED) is 0.901. The molecule has 1 fully saturated rings. The van der Waals surface area contributed by atoms with Gasteiger partial charge in [0.25, 0.3) is 0 Å². The van der Waals surface area contributed by atoms with Crippen molar-refractivity contribution < 1.29 is 4.42 Å². The lowest BCUT2D eigenvalue weighted by molar-refractivity contribution is 0.285. The van der Waals surface area contributed by atoms with Crippen LogP contribution in [0.2, 0.25) is 0 Å². The molecule has 2 heterocycles. The van der Waals surface area contributed by atoms with Crippen molar-refractivity contribution in [2.24, 2.45) is 11.7 Å². The fourth-order valence-electron chi connectivity index (χ4n) is 1.91. The van der Waals surface area contributed by atoms with Gasteiger partial charge in [-0.2, -0.15) is 0 Å². The van der Waals surface area contributed by atoms with Crippen molar-refractivity contribution in [3.05, 3.63) is 21.0 Å². The largest absolute Gasteiger partial charge is 0.452 e. The first kappa shape index (κ1) is 11.6. The molecule has 2 unspecified atom stereocenters. The van der Waals surface area contributed by atoms with Crippen molar-refractivity contribution >= 4 is 31.9 Å². The van der Waals surface area contributed by atoms with Crippen LogP contribution in [0.3, 0.4) is 0 Å². The van der Waals surface area contributed by atoms with E-state index >= 15 is 0 Å². The van der Waals surface area contributed by atoms with Gasteiger partial charge in [-0.05, 0) is 43.8 Å². The molecule has 0 aliphatic carbocycles. The fraction of sp³-hybridized carbons (Fsp3) is 0.600. The van der Waals surface area contributed by atoms with Gasteiger partial charge in [0, 0.05) is 19.1 Å². The van der Waals surface area contributed by atoms with E-state index in [1.54, 1.807) is 0 Å². The average molecular weight is 338 g/mol. The third-order valence-electron chi connectivity index (χ3n) is 2.82. The molecule has 0 radical (unpaired) electrons. The van der Waals surface area contributed by atoms with Crippen molar-refractivity contribution in [2.75, 3.05) is 13.1 Å². The van der Waals surface area contributed by atoms with E-state index in [2.05, 4.69) is 43.7 Å². The van der Waals surface area contributed by atoms with Crippen LogP contribution < -0.4 is 5.73 Å². The number of hydrogen-bond acceptors (Lipinski definition) is 3. The normalized spacial score (nSPS) is 27.5. The topological polar surface area (TPSA) is 42.4 Å². The summed E-state index contributed by atoms with van der Waals surface area (Å²) in [4.78, 5) is 2.33. The zero-order valence-corrected chi connectivity index (χ0v) is 11.7. The third-order valence-corrected chi connectivity index (χ3v) is 4.53. The Morgan fingerprint density at radius 2 is 2.27 bits per heavy atom. The summed E-state index contributed by atoms with van der Waals surface area (Å²) in [6, 6.07) is 2.30. The van der Waals surface area contributed by atoms with Gasteiger partial charge in [-0.25, -0.2) is 0 Å². The van der Waals surface area contributed by atoms with E-state index in [4.69, 9.17) is 10.2 Å². The summed E-state index contributed by atoms with van der Waals surface area (Å²) in [6.45, 7) is 5.04. The molecule has 1 saturated heterocycles. The summed E-state index contributed by atoms with van der Waals surface area (Å²) in [5.41, 5.74) is 5.97. The first-order chi connectivity index (χ1) is 7.06. The predicted octanol–water partition coefficient (Wildman–Crippen LogP) is 2.58. The van der Waals surface area contributed by atoms with Crippen LogP contribution in [-0.2, 0) is 6.54 Å². The molecule has 0 aromatic carbocycles. The summed E-state index contributed by atoms with van der Waals surface area (Å²) in [7, 11) is 0. The highest BCUT2D eigenvalue weighted by molar-refractivity contribution is 9.13. The Labute approximate surface area is 106 Å². The lowest BCUT2D eigenvalue weighted by Crippen LogP contribution is -2.28. The number of likely N-dealkylation sites (tertiary alicyclic amines) is 1. The molecule has 5 heteroatoms. The minimum atomic E-state index is 0.298. The minimum Gasteiger partial charge on any atom is -0.452 e. The highest BCUT2D eigenvalue weighted by Crippen LogP contribution is 2.28. The van der Waals surface area contributed by atoms with Crippen molar-refractivity contribution in [3.63, 3.8) is 0 Å². The van der Waals surface area contributed by atoms with E-state index in [1.165, 1.54) is 0 Å². The maximum absolute atomic E-state index is 5.97. The van der Waals surface area contributed by atoms with Crippen LogP contribution in [0.25, 0.3) is 0 Å². The van der Waals surface area contributed by atoms with Crippen LogP contribution in [-0.4, -0.2) is 24.0 Å². The minimum absolute atomic E-state index is 0.298. The first-order valence-corrected chi connectivity index (χ1v) is 6.56. The Kier molecular flexibility index (Phi) is 3.55. The van der Waals surface area contributed by atoms with Crippen molar-refractivity contribution in [1.29, 1.82) is 0 Å². The molecule has 0 amide bonds. The van der Waals surface area contributed by atoms with E-state index in [1.807, 2.05) is 6.07 Å². The summed E-state index contributed by atoms with van der Waals surface area (Å²) in [6.07, 6.45) is 0. The van der Waals surface area contributed by atoms with Crippen molar-refractivity contribution in [3.8, 4) is 0 Å². The number of halogens is 2. The molecule has 0 saturated carbocycles. The third kappa shape index (κ3) is 2.64. The molecule has 0 spiro atoms. The van der Waals surface area contributed by atoms with Gasteiger partial charge in [-0.3, -0.25) is 4.90 Å². The summed E-state index contributed by atoms with van der Waals surface area (Å²) >= 11 is 6.74. The van der Waals surface area contributed by atoms with Crippen molar-refractivity contribution in [2.45, 2.75) is 19.5 Å². The van der Waals surface area contributed by atoms with Gasteiger partial charge in [-0.1, -0.05) is 6.92 Å². The second-order valence-electron chi connectivity index (χ2n) is 4.17. The molecule has 1 aromatic heterocycles. The van der Waals surface area contributed by atoms with E-state index in [-0.39, 0.29) is 0 Å². The molecule has 84 valence electrons. The van der Waals surface area contributed by atoms with Gasteiger partial charge in [0.1, 0.15) is 5.76 Å². The molecule has 15 heavy (non-hydrogen) atoms. The Hall–Kier alpha value is 0.160. The zero-order valence-electron chi connectivity index (χ0n) is 8.54. The molecule has 2 rings (SSSR count). The van der Waals surface area contributed by atoms with Crippen LogP contribution in [0.4, 0.5) is 0 Å². The molecule has 2 N–H and O–H groups in total. The zero-order chi connectivity index (χ0) is 11.0. The van der Waals surface area contributed by atoms with Gasteiger partial charge >= 0.3 is 0 Å². The Bertz CT molecular complexity index is 324. The maximum atomic E-state index is 5.97. The highest BCUT2D eigenvalue weighted by atomic mass is 79.9. The summed E-state index contributed by atoms with van der Waals surface area (Å²) in [5.74, 6) is 1.54. The van der Waals surface area contributed by atoms with Crippen LogP contribution in [0, 0.1) is 5.92 Å². The van der Waals surface area contributed by atoms with E-state index < -0.39 is 0 Å². The average Bonchev–Trinajstić information content (AvgIpc) is 2.59. The summed E-state index contributed by atoms with van der Waals surface area (Å²) in [5, 5.41) is 0. The van der Waals surface area contributed by atoms with Crippen LogP contribution in [0.15, 0.2) is 19.6 Å². The lowest BCUT2D eigenvalue weighted by Gasteiger charge is -2.12. The standard InChI is InChI=1S/C10H14Br2N2O/c1-6-3-14(5-9(6)13)4-7-2-8(11)10(12)15-7/h2,6,9H,3-5,13H2,1H3. The van der Waals surface area contributed by atoms with Crippen molar-refractivity contribution in [1.82, 2.24) is 4.90 Å². The number of nitrogens with zero attached hydrogens (tertiary/aromatic N) is 1. The second-order valence-corrected chi connectivity index (χ2v) is 5.74. The van der Waals surface area contributed by atoms with Gasteiger partial charge in [0.15, 0.2) is 4.67 Å². The number of rotatable bonds is 2. The predicted molar refractivity (Wildman–Crippen MR) is 66.5 cm³/mol. The number of furan rings is 1. The Balaban J connectivity index is 1.98. The fourth-order valence-corrected chi connectivity index (χ4v) is 2.57. The van der Waals surface area contributed by atoms with Crippen LogP contribution >= 0.6 is 31.9 Å². The van der Waals surface area contributed by atoms with Gasteiger partial charge in [0.05, 0.1) is 11.0 Å². The van der Waals surface area contributed by atoms with E-state index in [0.717, 1.165) is 34.5 Å². The van der Waals surface area contributed by atoms with Gasteiger partial charge in [-0.15, -0.1) is 0 Å².